The number of fused-ring (bicyclic) bond motifs is 1. The molecule has 1 aromatic carbocycles. The van der Waals surface area contributed by atoms with Gasteiger partial charge in [-0.05, 0) is 56.9 Å². The fourth-order valence-corrected chi connectivity index (χ4v) is 3.33. The van der Waals surface area contributed by atoms with Gasteiger partial charge >= 0.3 is 0 Å². The maximum absolute atomic E-state index is 12.3. The van der Waals surface area contributed by atoms with E-state index in [-0.39, 0.29) is 11.7 Å². The molecular formula is C18H23N3O2. The Morgan fingerprint density at radius 1 is 1.13 bits per heavy atom. The van der Waals surface area contributed by atoms with Gasteiger partial charge in [0, 0.05) is 19.2 Å². The van der Waals surface area contributed by atoms with Crippen molar-refractivity contribution < 1.29 is 9.59 Å². The largest absolute Gasteiger partial charge is 0.314 e. The number of nitrogens with one attached hydrogen (secondary N) is 1. The summed E-state index contributed by atoms with van der Waals surface area (Å²) in [4.78, 5) is 26.0. The first-order valence-corrected chi connectivity index (χ1v) is 8.20. The minimum absolute atomic E-state index is 0.0925. The molecule has 0 aromatic heterocycles. The molecule has 0 bridgehead atoms. The van der Waals surface area contributed by atoms with E-state index in [4.69, 9.17) is 0 Å². The molecule has 1 aromatic rings. The molecule has 3 rings (SSSR count). The Balaban J connectivity index is 1.85. The Labute approximate surface area is 136 Å². The van der Waals surface area contributed by atoms with Gasteiger partial charge in [-0.25, -0.2) is 0 Å². The number of benzene rings is 1. The van der Waals surface area contributed by atoms with Crippen molar-refractivity contribution in [1.29, 1.82) is 0 Å². The fourth-order valence-electron chi connectivity index (χ4n) is 3.33. The van der Waals surface area contributed by atoms with Crippen LogP contribution in [0.25, 0.3) is 0 Å². The van der Waals surface area contributed by atoms with E-state index in [9.17, 15) is 9.59 Å². The van der Waals surface area contributed by atoms with Crippen LogP contribution >= 0.6 is 0 Å². The number of carbonyl (C=O) groups is 2. The highest BCUT2D eigenvalue weighted by Crippen LogP contribution is 2.41. The van der Waals surface area contributed by atoms with Crippen LogP contribution in [0.3, 0.4) is 0 Å². The third-order valence-electron chi connectivity index (χ3n) is 4.83. The molecule has 1 saturated carbocycles. The van der Waals surface area contributed by atoms with Crippen molar-refractivity contribution in [2.75, 3.05) is 17.4 Å². The van der Waals surface area contributed by atoms with Gasteiger partial charge in [0.15, 0.2) is 5.78 Å². The predicted molar refractivity (Wildman–Crippen MR) is 92.0 cm³/mol. The third-order valence-corrected chi connectivity index (χ3v) is 4.83. The lowest BCUT2D eigenvalue weighted by molar-refractivity contribution is -0.121. The molecule has 5 nitrogen and oxygen atoms in total. The highest BCUT2D eigenvalue weighted by molar-refractivity contribution is 6.40. The highest BCUT2D eigenvalue weighted by atomic mass is 16.2. The topological polar surface area (TPSA) is 61.8 Å². The Morgan fingerprint density at radius 2 is 1.87 bits per heavy atom. The van der Waals surface area contributed by atoms with E-state index in [1.165, 1.54) is 0 Å². The van der Waals surface area contributed by atoms with E-state index in [0.29, 0.717) is 12.1 Å². The van der Waals surface area contributed by atoms with Crippen molar-refractivity contribution in [3.63, 3.8) is 0 Å². The molecule has 1 aliphatic carbocycles. The van der Waals surface area contributed by atoms with Crippen molar-refractivity contribution in [3.05, 3.63) is 23.8 Å². The summed E-state index contributed by atoms with van der Waals surface area (Å²) >= 11 is 0. The summed E-state index contributed by atoms with van der Waals surface area (Å²) in [6.07, 6.45) is 4.40. The third kappa shape index (κ3) is 2.76. The Kier molecular flexibility index (Phi) is 3.96. The zero-order valence-electron chi connectivity index (χ0n) is 14.0. The summed E-state index contributed by atoms with van der Waals surface area (Å²) in [5, 5.41) is 4.32. The summed E-state index contributed by atoms with van der Waals surface area (Å²) in [5.41, 5.74) is 5.84. The Morgan fingerprint density at radius 3 is 2.65 bits per heavy atom. The van der Waals surface area contributed by atoms with Crippen LogP contribution in [0.2, 0.25) is 0 Å². The minimum Gasteiger partial charge on any atom is -0.314 e. The predicted octanol–water partition coefficient (Wildman–Crippen LogP) is 3.24. The number of likely N-dealkylation sites (N-methyl/N-ethyl adjacent to an activating group) is 1. The molecule has 0 unspecified atom stereocenters. The Bertz CT molecular complexity index is 692. The number of hydrogen-bond donors (Lipinski definition) is 1. The maximum atomic E-state index is 12.3. The summed E-state index contributed by atoms with van der Waals surface area (Å²) in [6.45, 7) is 3.87. The average molecular weight is 313 g/mol. The minimum atomic E-state index is -0.535. The molecule has 122 valence electrons. The van der Waals surface area contributed by atoms with Crippen LogP contribution in [0, 0.1) is 0 Å². The number of ketones is 1. The van der Waals surface area contributed by atoms with Crippen molar-refractivity contribution >= 4 is 28.8 Å². The summed E-state index contributed by atoms with van der Waals surface area (Å²) in [7, 11) is 1.80. The highest BCUT2D eigenvalue weighted by Gasteiger charge is 2.42. The second-order valence-electron chi connectivity index (χ2n) is 6.88. The van der Waals surface area contributed by atoms with Crippen molar-refractivity contribution in [2.45, 2.75) is 51.4 Å². The van der Waals surface area contributed by atoms with E-state index < -0.39 is 5.41 Å². The molecule has 23 heavy (non-hydrogen) atoms. The second kappa shape index (κ2) is 5.80. The molecule has 0 atom stereocenters. The van der Waals surface area contributed by atoms with Crippen LogP contribution in [0.5, 0.6) is 0 Å². The van der Waals surface area contributed by atoms with Crippen molar-refractivity contribution in [2.24, 2.45) is 5.10 Å². The normalized spacial score (nSPS) is 22.2. The standard InChI is InChI=1S/C18H23N3O2/c1-18(2)13-11-12(9-10-15(13)21(3)17(18)23)19-20-14-7-5-4-6-8-16(14)22/h9-11,19H,4-8H2,1-3H3/b20-14+. The van der Waals surface area contributed by atoms with Crippen LogP contribution in [0.1, 0.15) is 51.5 Å². The molecule has 1 amide bonds. The molecule has 0 radical (unpaired) electrons. The van der Waals surface area contributed by atoms with Crippen LogP contribution in [0.15, 0.2) is 23.3 Å². The van der Waals surface area contributed by atoms with E-state index in [0.717, 1.165) is 42.6 Å². The summed E-state index contributed by atoms with van der Waals surface area (Å²) < 4.78 is 0. The summed E-state index contributed by atoms with van der Waals surface area (Å²) in [6, 6.07) is 5.79. The molecule has 5 heteroatoms. The number of carbonyl (C=O) groups excluding carboxylic acids is 2. The number of nitrogens with zero attached hydrogens (tertiary/aromatic N) is 2. The number of hydrogen-bond acceptors (Lipinski definition) is 4. The number of anilines is 2. The van der Waals surface area contributed by atoms with E-state index in [1.807, 2.05) is 32.0 Å². The summed E-state index contributed by atoms with van der Waals surface area (Å²) in [5.74, 6) is 0.237. The van der Waals surface area contributed by atoms with Gasteiger partial charge in [-0.2, -0.15) is 5.10 Å². The van der Waals surface area contributed by atoms with Gasteiger partial charge < -0.3 is 4.90 Å². The zero-order valence-corrected chi connectivity index (χ0v) is 14.0. The fraction of sp³-hybridized carbons (Fsp3) is 0.500. The number of Topliss-reactive ketones (excluding diaryl/α,β-unsaturated/α-hetero) is 1. The van der Waals surface area contributed by atoms with Gasteiger partial charge in [0.05, 0.1) is 11.1 Å². The molecule has 0 spiro atoms. The quantitative estimate of drug-likeness (QED) is 0.673. The lowest BCUT2D eigenvalue weighted by Crippen LogP contribution is -2.33. The first kappa shape index (κ1) is 15.7. The van der Waals surface area contributed by atoms with E-state index in [2.05, 4.69) is 10.5 Å². The molecule has 0 saturated heterocycles. The van der Waals surface area contributed by atoms with E-state index in [1.54, 1.807) is 11.9 Å². The van der Waals surface area contributed by atoms with Gasteiger partial charge in [0.2, 0.25) is 5.91 Å². The molecule has 1 heterocycles. The first-order valence-electron chi connectivity index (χ1n) is 8.20. The smallest absolute Gasteiger partial charge is 0.236 e. The lowest BCUT2D eigenvalue weighted by atomic mass is 9.86. The molecule has 1 N–H and O–H groups in total. The van der Waals surface area contributed by atoms with Crippen LogP contribution in [0.4, 0.5) is 11.4 Å². The van der Waals surface area contributed by atoms with Crippen molar-refractivity contribution in [1.82, 2.24) is 0 Å². The molecular weight excluding hydrogens is 290 g/mol. The maximum Gasteiger partial charge on any atom is 0.236 e. The number of hydrazone groups is 1. The average Bonchev–Trinajstić information content (AvgIpc) is 2.68. The van der Waals surface area contributed by atoms with Gasteiger partial charge in [-0.15, -0.1) is 0 Å². The molecule has 1 aliphatic heterocycles. The van der Waals surface area contributed by atoms with Gasteiger partial charge in [-0.3, -0.25) is 15.0 Å². The zero-order chi connectivity index (χ0) is 16.6. The second-order valence-corrected chi connectivity index (χ2v) is 6.88. The van der Waals surface area contributed by atoms with Gasteiger partial charge in [-0.1, -0.05) is 6.42 Å². The number of amides is 1. The molecule has 2 aliphatic rings. The van der Waals surface area contributed by atoms with E-state index >= 15 is 0 Å². The number of rotatable bonds is 2. The lowest BCUT2D eigenvalue weighted by Gasteiger charge is -2.16. The van der Waals surface area contributed by atoms with Crippen LogP contribution in [-0.4, -0.2) is 24.4 Å². The first-order chi connectivity index (χ1) is 10.9. The van der Waals surface area contributed by atoms with Crippen molar-refractivity contribution in [3.8, 4) is 0 Å². The van der Waals surface area contributed by atoms with Crippen LogP contribution in [-0.2, 0) is 15.0 Å². The van der Waals surface area contributed by atoms with Crippen LogP contribution < -0.4 is 10.3 Å². The molecule has 1 fully saturated rings. The SMILES string of the molecule is CN1C(=O)C(C)(C)c2cc(N/N=C3\CCCCCC3=O)ccc21. The van der Waals surface area contributed by atoms with Gasteiger partial charge in [0.1, 0.15) is 5.71 Å². The monoisotopic (exact) mass is 313 g/mol. The van der Waals surface area contributed by atoms with Gasteiger partial charge in [0.25, 0.3) is 0 Å². The Hall–Kier alpha value is -2.17.